The highest BCUT2D eigenvalue weighted by molar-refractivity contribution is 8.74. The first-order valence-electron chi connectivity index (χ1n) is 2.85. The zero-order valence-electron chi connectivity index (χ0n) is 5.52. The van der Waals surface area contributed by atoms with Crippen molar-refractivity contribution < 1.29 is 9.76 Å². The van der Waals surface area contributed by atoms with Gasteiger partial charge in [0.1, 0.15) is 0 Å². The zero-order valence-corrected chi connectivity index (χ0v) is 7.15. The molecule has 1 aromatic rings. The summed E-state index contributed by atoms with van der Waals surface area (Å²) < 4.78 is 8.51. The highest BCUT2D eigenvalue weighted by atomic mass is 33.1. The Morgan fingerprint density at radius 3 is 2.64 bits per heavy atom. The van der Waals surface area contributed by atoms with Crippen molar-refractivity contribution in [3.05, 3.63) is 24.3 Å². The molecule has 1 rings (SSSR count). The van der Waals surface area contributed by atoms with Crippen LogP contribution in [0.5, 0.6) is 0 Å². The number of rotatable bonds is 3. The zero-order chi connectivity index (χ0) is 8.10. The maximum atomic E-state index is 8.59. The van der Waals surface area contributed by atoms with Gasteiger partial charge in [0.05, 0.1) is 16.8 Å². The number of para-hydroxylation sites is 1. The number of anilines is 1. The van der Waals surface area contributed by atoms with E-state index in [-0.39, 0.29) is 0 Å². The lowest BCUT2D eigenvalue weighted by Gasteiger charge is -2.03. The van der Waals surface area contributed by atoms with Crippen molar-refractivity contribution in [2.24, 2.45) is 0 Å². The van der Waals surface area contributed by atoms with Crippen LogP contribution in [0.25, 0.3) is 0 Å². The third-order valence-electron chi connectivity index (χ3n) is 1.13. The van der Waals surface area contributed by atoms with E-state index in [0.717, 1.165) is 4.90 Å². The molecule has 0 aliphatic carbocycles. The minimum atomic E-state index is 0.596. The summed E-state index contributed by atoms with van der Waals surface area (Å²) in [6.07, 6.45) is 0. The van der Waals surface area contributed by atoms with Crippen molar-refractivity contribution in [3.8, 4) is 0 Å². The molecule has 0 unspecified atom stereocenters. The van der Waals surface area contributed by atoms with Crippen molar-refractivity contribution in [1.29, 1.82) is 0 Å². The van der Waals surface area contributed by atoms with E-state index in [4.69, 9.17) is 9.76 Å². The number of nitrogens with one attached hydrogen (secondary N) is 1. The second-order valence-corrected chi connectivity index (χ2v) is 3.47. The van der Waals surface area contributed by atoms with E-state index in [9.17, 15) is 0 Å². The Morgan fingerprint density at radius 1 is 1.27 bits per heavy atom. The van der Waals surface area contributed by atoms with Crippen LogP contribution in [0.15, 0.2) is 29.2 Å². The minimum Gasteiger partial charge on any atom is -0.320 e. The molecule has 0 amide bonds. The highest BCUT2D eigenvalue weighted by Crippen LogP contribution is 2.33. The van der Waals surface area contributed by atoms with Crippen LogP contribution in [-0.4, -0.2) is 9.76 Å². The first-order valence-corrected chi connectivity index (χ1v) is 4.96. The molecule has 0 aliphatic rings. The minimum absolute atomic E-state index is 0.596. The maximum absolute atomic E-state index is 8.59. The summed E-state index contributed by atoms with van der Waals surface area (Å²) in [6, 6.07) is 7.15. The van der Waals surface area contributed by atoms with Gasteiger partial charge in [-0.15, -0.1) is 0 Å². The van der Waals surface area contributed by atoms with Crippen molar-refractivity contribution >= 4 is 27.6 Å². The second-order valence-electron chi connectivity index (χ2n) is 1.77. The molecule has 0 fully saturated rings. The Kier molecular flexibility index (Phi) is 3.58. The molecule has 0 radical (unpaired) electrons. The normalized spacial score (nSPS) is 9.64. The van der Waals surface area contributed by atoms with Crippen LogP contribution in [-0.2, 0) is 0 Å². The molecule has 0 aromatic heterocycles. The van der Waals surface area contributed by atoms with E-state index < -0.39 is 0 Å². The predicted molar refractivity (Wildman–Crippen MR) is 47.9 cm³/mol. The van der Waals surface area contributed by atoms with Gasteiger partial charge in [-0.2, -0.15) is 0 Å². The Balaban J connectivity index is 2.83. The lowest BCUT2D eigenvalue weighted by molar-refractivity contribution is 0.387. The molecule has 5 heteroatoms. The van der Waals surface area contributed by atoms with Crippen molar-refractivity contribution in [2.45, 2.75) is 4.90 Å². The molecule has 0 heterocycles. The summed E-state index contributed by atoms with van der Waals surface area (Å²) in [7, 11) is 1.18. The molecule has 3 nitrogen and oxygen atoms in total. The van der Waals surface area contributed by atoms with Crippen LogP contribution in [0.3, 0.4) is 0 Å². The highest BCUT2D eigenvalue weighted by Gasteiger charge is 1.99. The van der Waals surface area contributed by atoms with Crippen LogP contribution in [0.1, 0.15) is 0 Å². The van der Waals surface area contributed by atoms with Crippen LogP contribution < -0.4 is 5.48 Å². The van der Waals surface area contributed by atoms with Gasteiger partial charge >= 0.3 is 0 Å². The van der Waals surface area contributed by atoms with Crippen LogP contribution in [0, 0.1) is 0 Å². The average Bonchev–Trinajstić information content (AvgIpc) is 2.06. The van der Waals surface area contributed by atoms with Crippen LogP contribution >= 0.6 is 21.9 Å². The van der Waals surface area contributed by atoms with E-state index in [1.807, 2.05) is 11.5 Å². The van der Waals surface area contributed by atoms with Crippen molar-refractivity contribution in [1.82, 2.24) is 0 Å². The lowest BCUT2D eigenvalue weighted by Crippen LogP contribution is -1.89. The van der Waals surface area contributed by atoms with Crippen LogP contribution in [0.4, 0.5) is 5.69 Å². The quantitative estimate of drug-likeness (QED) is 0.388. The summed E-state index contributed by atoms with van der Waals surface area (Å²) in [5.74, 6) is 0. The SMILES string of the molecule is ONc1ccccc1SSO. The molecule has 60 valence electrons. The molecule has 0 spiro atoms. The predicted octanol–water partition coefficient (Wildman–Crippen LogP) is 2.70. The Hall–Kier alpha value is -0.360. The molecular formula is C6H7NO2S2. The fraction of sp³-hybridized carbons (Fsp3) is 0. The molecule has 0 aliphatic heterocycles. The average molecular weight is 189 g/mol. The van der Waals surface area contributed by atoms with E-state index in [2.05, 4.69) is 0 Å². The van der Waals surface area contributed by atoms with Gasteiger partial charge in [-0.25, -0.2) is 0 Å². The van der Waals surface area contributed by atoms with E-state index >= 15 is 0 Å². The largest absolute Gasteiger partial charge is 0.320 e. The summed E-state index contributed by atoms with van der Waals surface area (Å²) in [4.78, 5) is 0.794. The summed E-state index contributed by atoms with van der Waals surface area (Å²) >= 11 is 0.650. The monoisotopic (exact) mass is 189 g/mol. The molecule has 0 saturated carbocycles. The second kappa shape index (κ2) is 4.50. The molecule has 1 aromatic carbocycles. The molecule has 0 atom stereocenters. The maximum Gasteiger partial charge on any atom is 0.0747 e. The molecular weight excluding hydrogens is 182 g/mol. The fourth-order valence-electron chi connectivity index (χ4n) is 0.672. The molecule has 0 bridgehead atoms. The number of hydrogen-bond donors (Lipinski definition) is 3. The van der Waals surface area contributed by atoms with Gasteiger partial charge in [-0.3, -0.25) is 10.7 Å². The summed E-state index contributed by atoms with van der Waals surface area (Å²) in [5.41, 5.74) is 2.63. The lowest BCUT2D eigenvalue weighted by atomic mass is 10.3. The van der Waals surface area contributed by atoms with Gasteiger partial charge in [0.25, 0.3) is 0 Å². The fourth-order valence-corrected chi connectivity index (χ4v) is 1.77. The third-order valence-corrected chi connectivity index (χ3v) is 2.51. The Bertz CT molecular complexity index is 232. The summed E-state index contributed by atoms with van der Waals surface area (Å²) in [5, 5.41) is 8.59. The van der Waals surface area contributed by atoms with E-state index in [1.165, 1.54) is 10.8 Å². The van der Waals surface area contributed by atoms with Gasteiger partial charge in [0.15, 0.2) is 0 Å². The Labute approximate surface area is 72.4 Å². The third kappa shape index (κ3) is 2.30. The first kappa shape index (κ1) is 8.73. The number of hydrogen-bond acceptors (Lipinski definition) is 5. The van der Waals surface area contributed by atoms with Gasteiger partial charge < -0.3 is 4.55 Å². The van der Waals surface area contributed by atoms with Crippen molar-refractivity contribution in [3.63, 3.8) is 0 Å². The van der Waals surface area contributed by atoms with Gasteiger partial charge in [0.2, 0.25) is 0 Å². The smallest absolute Gasteiger partial charge is 0.0747 e. The Morgan fingerprint density at radius 2 is 2.00 bits per heavy atom. The molecule has 3 N–H and O–H groups in total. The van der Waals surface area contributed by atoms with Gasteiger partial charge in [-0.1, -0.05) is 12.1 Å². The molecule has 0 saturated heterocycles. The van der Waals surface area contributed by atoms with Gasteiger partial charge in [0, 0.05) is 4.90 Å². The standard InChI is InChI=1S/C6H7NO2S2/c8-7-5-3-1-2-4-6(5)10-11-9/h1-4,7-9H. The van der Waals surface area contributed by atoms with Crippen LogP contribution in [0.2, 0.25) is 0 Å². The van der Waals surface area contributed by atoms with Crippen molar-refractivity contribution in [2.75, 3.05) is 5.48 Å². The number of benzene rings is 1. The first-order chi connectivity index (χ1) is 5.38. The van der Waals surface area contributed by atoms with E-state index in [0.29, 0.717) is 16.8 Å². The summed E-state index contributed by atoms with van der Waals surface area (Å²) in [6.45, 7) is 0. The van der Waals surface area contributed by atoms with E-state index in [1.54, 1.807) is 18.2 Å². The topological polar surface area (TPSA) is 52.5 Å². The molecule has 11 heavy (non-hydrogen) atoms. The van der Waals surface area contributed by atoms with Gasteiger partial charge in [-0.05, 0) is 22.9 Å².